The van der Waals surface area contributed by atoms with Crippen LogP contribution in [0.25, 0.3) is 0 Å². The molecule has 3 N–H and O–H groups in total. The lowest BCUT2D eigenvalue weighted by Crippen LogP contribution is -2.30. The predicted molar refractivity (Wildman–Crippen MR) is 80.4 cm³/mol. The number of carbonyl (C=O) groups excluding carboxylic acids is 1. The van der Waals surface area contributed by atoms with Gasteiger partial charge in [-0.05, 0) is 56.2 Å². The molecule has 1 aromatic rings. The normalized spacial score (nSPS) is 27.0. The van der Waals surface area contributed by atoms with Crippen molar-refractivity contribution in [1.29, 1.82) is 0 Å². The molecule has 0 saturated heterocycles. The van der Waals surface area contributed by atoms with Gasteiger partial charge in [-0.15, -0.1) is 0 Å². The van der Waals surface area contributed by atoms with E-state index in [0.29, 0.717) is 17.3 Å². The third-order valence-corrected chi connectivity index (χ3v) is 4.40. The number of Topliss-reactive ketones (excluding diaryl/α,β-unsaturated/α-hetero) is 1. The zero-order valence-electron chi connectivity index (χ0n) is 12.1. The van der Waals surface area contributed by atoms with Gasteiger partial charge in [-0.1, -0.05) is 13.8 Å². The minimum Gasteiger partial charge on any atom is -0.398 e. The Morgan fingerprint density at radius 3 is 2.58 bits per heavy atom. The van der Waals surface area contributed by atoms with E-state index in [9.17, 15) is 4.79 Å². The van der Waals surface area contributed by atoms with Crippen LogP contribution in [0.15, 0.2) is 18.2 Å². The smallest absolute Gasteiger partial charge is 0.161 e. The van der Waals surface area contributed by atoms with Crippen molar-refractivity contribution in [3.63, 3.8) is 0 Å². The molecule has 0 heterocycles. The first-order valence-corrected chi connectivity index (χ1v) is 7.14. The van der Waals surface area contributed by atoms with Crippen molar-refractivity contribution in [3.05, 3.63) is 23.8 Å². The van der Waals surface area contributed by atoms with Gasteiger partial charge in [0.25, 0.3) is 0 Å². The van der Waals surface area contributed by atoms with Gasteiger partial charge in [-0.2, -0.15) is 0 Å². The first-order chi connectivity index (χ1) is 8.97. The molecular formula is C16H24N2O. The summed E-state index contributed by atoms with van der Waals surface area (Å²) in [5, 5.41) is 3.55. The topological polar surface area (TPSA) is 55.1 Å². The summed E-state index contributed by atoms with van der Waals surface area (Å²) in [5.41, 5.74) is 8.11. The Balaban J connectivity index is 2.04. The summed E-state index contributed by atoms with van der Waals surface area (Å²) in [4.78, 5) is 11.3. The van der Waals surface area contributed by atoms with Crippen molar-refractivity contribution in [2.75, 3.05) is 11.1 Å². The number of anilines is 2. The van der Waals surface area contributed by atoms with Crippen molar-refractivity contribution in [3.8, 4) is 0 Å². The van der Waals surface area contributed by atoms with Crippen LogP contribution in [0.4, 0.5) is 11.4 Å². The number of hydrogen-bond donors (Lipinski definition) is 2. The molecule has 104 valence electrons. The van der Waals surface area contributed by atoms with Gasteiger partial charge >= 0.3 is 0 Å². The third-order valence-electron chi connectivity index (χ3n) is 4.40. The fourth-order valence-corrected chi connectivity index (χ4v) is 2.89. The average molecular weight is 260 g/mol. The van der Waals surface area contributed by atoms with Crippen molar-refractivity contribution in [2.45, 2.75) is 46.1 Å². The average Bonchev–Trinajstić information content (AvgIpc) is 2.33. The highest BCUT2D eigenvalue weighted by atomic mass is 16.1. The minimum absolute atomic E-state index is 0.0177. The maximum absolute atomic E-state index is 11.3. The second-order valence-corrected chi connectivity index (χ2v) is 5.97. The van der Waals surface area contributed by atoms with Crippen molar-refractivity contribution in [1.82, 2.24) is 0 Å². The van der Waals surface area contributed by atoms with Crippen LogP contribution in [-0.2, 0) is 0 Å². The fourth-order valence-electron chi connectivity index (χ4n) is 2.89. The summed E-state index contributed by atoms with van der Waals surface area (Å²) < 4.78 is 0. The number of nitrogens with two attached hydrogens (primary N) is 1. The molecule has 0 aliphatic heterocycles. The Kier molecular flexibility index (Phi) is 4.13. The third kappa shape index (κ3) is 3.28. The number of hydrogen-bond acceptors (Lipinski definition) is 3. The standard InChI is InChI=1S/C16H24N2O/c1-10-4-5-13(8-11(10)2)18-14-6-7-15(12(3)19)16(17)9-14/h6-7,9-11,13,18H,4-5,8,17H2,1-3H3. The van der Waals surface area contributed by atoms with E-state index in [1.165, 1.54) is 19.3 Å². The van der Waals surface area contributed by atoms with E-state index in [1.54, 1.807) is 6.92 Å². The lowest BCUT2D eigenvalue weighted by Gasteiger charge is -2.33. The van der Waals surface area contributed by atoms with Gasteiger partial charge in [0, 0.05) is 23.0 Å². The van der Waals surface area contributed by atoms with Crippen LogP contribution in [0.5, 0.6) is 0 Å². The molecule has 0 amide bonds. The zero-order chi connectivity index (χ0) is 14.0. The molecule has 3 heteroatoms. The first-order valence-electron chi connectivity index (χ1n) is 7.14. The van der Waals surface area contributed by atoms with Gasteiger partial charge in [-0.25, -0.2) is 0 Å². The number of carbonyl (C=O) groups is 1. The van der Waals surface area contributed by atoms with E-state index >= 15 is 0 Å². The number of nitrogen functional groups attached to an aromatic ring is 1. The van der Waals surface area contributed by atoms with Crippen LogP contribution >= 0.6 is 0 Å². The molecule has 1 aromatic carbocycles. The number of nitrogens with one attached hydrogen (secondary N) is 1. The predicted octanol–water partition coefficient (Wildman–Crippen LogP) is 3.71. The Morgan fingerprint density at radius 1 is 1.26 bits per heavy atom. The molecular weight excluding hydrogens is 236 g/mol. The molecule has 0 bridgehead atoms. The van der Waals surface area contributed by atoms with Crippen LogP contribution in [-0.4, -0.2) is 11.8 Å². The van der Waals surface area contributed by atoms with Gasteiger partial charge < -0.3 is 11.1 Å². The zero-order valence-corrected chi connectivity index (χ0v) is 12.1. The lowest BCUT2D eigenvalue weighted by molar-refractivity contribution is 0.101. The number of ketones is 1. The van der Waals surface area contributed by atoms with Crippen LogP contribution in [0.3, 0.4) is 0 Å². The van der Waals surface area contributed by atoms with E-state index in [-0.39, 0.29) is 5.78 Å². The summed E-state index contributed by atoms with van der Waals surface area (Å²) in [7, 11) is 0. The largest absolute Gasteiger partial charge is 0.398 e. The number of rotatable bonds is 3. The highest BCUT2D eigenvalue weighted by Crippen LogP contribution is 2.31. The second kappa shape index (κ2) is 5.64. The fraction of sp³-hybridized carbons (Fsp3) is 0.562. The maximum atomic E-state index is 11.3. The SMILES string of the molecule is CC(=O)c1ccc(NC2CCC(C)C(C)C2)cc1N. The van der Waals surface area contributed by atoms with Crippen LogP contribution in [0.1, 0.15) is 50.4 Å². The first kappa shape index (κ1) is 13.9. The van der Waals surface area contributed by atoms with E-state index in [0.717, 1.165) is 17.5 Å². The highest BCUT2D eigenvalue weighted by Gasteiger charge is 2.24. The molecule has 3 nitrogen and oxygen atoms in total. The Morgan fingerprint density at radius 2 is 2.00 bits per heavy atom. The Hall–Kier alpha value is -1.51. The Labute approximate surface area is 115 Å². The van der Waals surface area contributed by atoms with Gasteiger partial charge in [-0.3, -0.25) is 4.79 Å². The summed E-state index contributed by atoms with van der Waals surface area (Å²) >= 11 is 0. The van der Waals surface area contributed by atoms with Gasteiger partial charge in [0.15, 0.2) is 5.78 Å². The Bertz CT molecular complexity index is 470. The van der Waals surface area contributed by atoms with Gasteiger partial charge in [0.05, 0.1) is 0 Å². The molecule has 1 aliphatic rings. The van der Waals surface area contributed by atoms with E-state index in [1.807, 2.05) is 18.2 Å². The number of benzene rings is 1. The highest BCUT2D eigenvalue weighted by molar-refractivity contribution is 5.99. The maximum Gasteiger partial charge on any atom is 0.161 e. The quantitative estimate of drug-likeness (QED) is 0.643. The molecule has 2 rings (SSSR count). The second-order valence-electron chi connectivity index (χ2n) is 5.97. The van der Waals surface area contributed by atoms with Crippen molar-refractivity contribution >= 4 is 17.2 Å². The summed E-state index contributed by atoms with van der Waals surface area (Å²) in [6.45, 7) is 6.20. The molecule has 0 spiro atoms. The van der Waals surface area contributed by atoms with E-state index in [4.69, 9.17) is 5.73 Å². The molecule has 1 saturated carbocycles. The van der Waals surface area contributed by atoms with Gasteiger partial charge in [0.2, 0.25) is 0 Å². The molecule has 1 fully saturated rings. The monoisotopic (exact) mass is 260 g/mol. The molecule has 0 radical (unpaired) electrons. The van der Waals surface area contributed by atoms with Crippen LogP contribution in [0.2, 0.25) is 0 Å². The van der Waals surface area contributed by atoms with Crippen LogP contribution in [0, 0.1) is 11.8 Å². The summed E-state index contributed by atoms with van der Waals surface area (Å²) in [6.07, 6.45) is 3.69. The van der Waals surface area contributed by atoms with Crippen molar-refractivity contribution in [2.24, 2.45) is 11.8 Å². The minimum atomic E-state index is 0.0177. The summed E-state index contributed by atoms with van der Waals surface area (Å²) in [6, 6.07) is 6.16. The lowest BCUT2D eigenvalue weighted by atomic mass is 9.79. The molecule has 19 heavy (non-hydrogen) atoms. The summed E-state index contributed by atoms with van der Waals surface area (Å²) in [5.74, 6) is 1.60. The van der Waals surface area contributed by atoms with Crippen LogP contribution < -0.4 is 11.1 Å². The van der Waals surface area contributed by atoms with Crippen molar-refractivity contribution < 1.29 is 4.79 Å². The van der Waals surface area contributed by atoms with Gasteiger partial charge in [0.1, 0.15) is 0 Å². The van der Waals surface area contributed by atoms with E-state index < -0.39 is 0 Å². The van der Waals surface area contributed by atoms with E-state index in [2.05, 4.69) is 19.2 Å². The molecule has 3 unspecified atom stereocenters. The molecule has 0 aromatic heterocycles. The molecule has 3 atom stereocenters. The molecule has 1 aliphatic carbocycles.